The van der Waals surface area contributed by atoms with E-state index in [1.165, 1.54) is 0 Å². The summed E-state index contributed by atoms with van der Waals surface area (Å²) in [6.07, 6.45) is 1.16. The maximum atomic E-state index is 11.7. The molecule has 0 fully saturated rings. The van der Waals surface area contributed by atoms with E-state index in [-0.39, 0.29) is 6.42 Å². The number of pyridine rings is 1. The monoisotopic (exact) mass is 280 g/mol. The van der Waals surface area contributed by atoms with E-state index in [1.807, 2.05) is 5.43 Å². The molecule has 0 bridgehead atoms. The highest BCUT2D eigenvalue weighted by atomic mass is 16.6. The predicted molar refractivity (Wildman–Crippen MR) is 73.4 cm³/mol. The van der Waals surface area contributed by atoms with Gasteiger partial charge >= 0.3 is 6.09 Å². The van der Waals surface area contributed by atoms with Crippen LogP contribution in [-0.2, 0) is 16.0 Å². The van der Waals surface area contributed by atoms with Crippen molar-refractivity contribution in [2.45, 2.75) is 38.8 Å². The molecule has 0 spiro atoms. The number of nitrogens with one attached hydrogen (secondary N) is 2. The van der Waals surface area contributed by atoms with Crippen LogP contribution in [0.2, 0.25) is 0 Å². The molecule has 20 heavy (non-hydrogen) atoms. The summed E-state index contributed by atoms with van der Waals surface area (Å²) in [7, 11) is 0. The van der Waals surface area contributed by atoms with Crippen molar-refractivity contribution in [3.05, 3.63) is 30.1 Å². The zero-order valence-corrected chi connectivity index (χ0v) is 11.8. The number of hydrogen-bond donors (Lipinski definition) is 3. The van der Waals surface area contributed by atoms with Gasteiger partial charge in [-0.15, -0.1) is 0 Å². The Balaban J connectivity index is 2.70. The summed E-state index contributed by atoms with van der Waals surface area (Å²) in [6.45, 7) is 5.22. The Kier molecular flexibility index (Phi) is 5.45. The number of amides is 2. The van der Waals surface area contributed by atoms with E-state index >= 15 is 0 Å². The first-order valence-electron chi connectivity index (χ1n) is 6.21. The van der Waals surface area contributed by atoms with Gasteiger partial charge in [0, 0.05) is 18.3 Å². The molecule has 0 saturated carbocycles. The second kappa shape index (κ2) is 6.85. The summed E-state index contributed by atoms with van der Waals surface area (Å²) < 4.78 is 5.11. The van der Waals surface area contributed by atoms with Gasteiger partial charge in [-0.05, 0) is 32.9 Å². The first-order valence-corrected chi connectivity index (χ1v) is 6.21. The highest BCUT2D eigenvalue weighted by molar-refractivity contribution is 5.85. The number of ether oxygens (including phenoxy) is 1. The largest absolute Gasteiger partial charge is 0.444 e. The lowest BCUT2D eigenvalue weighted by molar-refractivity contribution is -0.123. The van der Waals surface area contributed by atoms with Crippen LogP contribution >= 0.6 is 0 Å². The fraction of sp³-hybridized carbons (Fsp3) is 0.462. The molecule has 1 rings (SSSR count). The van der Waals surface area contributed by atoms with Crippen LogP contribution in [0.15, 0.2) is 24.4 Å². The topological polar surface area (TPSA) is 106 Å². The molecular formula is C13H20N4O3. The lowest BCUT2D eigenvalue weighted by atomic mass is 10.1. The number of hydrogen-bond acceptors (Lipinski definition) is 5. The first-order chi connectivity index (χ1) is 9.31. The van der Waals surface area contributed by atoms with Crippen LogP contribution in [0, 0.1) is 0 Å². The Morgan fingerprint density at radius 2 is 2.10 bits per heavy atom. The molecule has 4 N–H and O–H groups in total. The fourth-order valence-corrected chi connectivity index (χ4v) is 1.49. The first kappa shape index (κ1) is 15.9. The lowest BCUT2D eigenvalue weighted by Gasteiger charge is -2.22. The number of alkyl carbamates (subject to hydrolysis) is 1. The van der Waals surface area contributed by atoms with Crippen molar-refractivity contribution < 1.29 is 14.3 Å². The molecule has 1 aromatic rings. The Hall–Kier alpha value is -2.15. The molecule has 7 nitrogen and oxygen atoms in total. The van der Waals surface area contributed by atoms with Gasteiger partial charge in [0.15, 0.2) is 0 Å². The third-order valence-electron chi connectivity index (χ3n) is 2.29. The van der Waals surface area contributed by atoms with Crippen molar-refractivity contribution in [2.24, 2.45) is 5.84 Å². The number of aromatic nitrogens is 1. The van der Waals surface area contributed by atoms with Gasteiger partial charge in [0.05, 0.1) is 0 Å². The van der Waals surface area contributed by atoms with Gasteiger partial charge in [0.1, 0.15) is 11.6 Å². The van der Waals surface area contributed by atoms with Gasteiger partial charge in [0.25, 0.3) is 5.91 Å². The van der Waals surface area contributed by atoms with Gasteiger partial charge in [-0.1, -0.05) is 6.07 Å². The number of rotatable bonds is 4. The fourth-order valence-electron chi connectivity index (χ4n) is 1.49. The molecule has 0 saturated heterocycles. The third kappa shape index (κ3) is 5.66. The highest BCUT2D eigenvalue weighted by Crippen LogP contribution is 2.07. The van der Waals surface area contributed by atoms with Crippen LogP contribution in [0.5, 0.6) is 0 Å². The lowest BCUT2D eigenvalue weighted by Crippen LogP contribution is -2.51. The summed E-state index contributed by atoms with van der Waals surface area (Å²) in [6, 6.07) is 4.48. The van der Waals surface area contributed by atoms with Crippen molar-refractivity contribution in [2.75, 3.05) is 0 Å². The minimum atomic E-state index is -0.843. The smallest absolute Gasteiger partial charge is 0.408 e. The number of nitrogens with zero attached hydrogens (tertiary/aromatic N) is 1. The minimum Gasteiger partial charge on any atom is -0.444 e. The standard InChI is InChI=1S/C13H20N4O3/c1-13(2,3)20-12(19)16-10(11(18)17-14)8-9-6-4-5-7-15-9/h4-7,10H,8,14H2,1-3H3,(H,16,19)(H,17,18)/t10-/m1/s1. The number of nitrogens with two attached hydrogens (primary N) is 1. The second-order valence-corrected chi connectivity index (χ2v) is 5.23. The molecule has 7 heteroatoms. The predicted octanol–water partition coefficient (Wildman–Crippen LogP) is 0.507. The summed E-state index contributed by atoms with van der Waals surface area (Å²) in [5.74, 6) is 4.61. The number of carbonyl (C=O) groups is 2. The Morgan fingerprint density at radius 1 is 1.40 bits per heavy atom. The Labute approximate surface area is 117 Å². The zero-order valence-electron chi connectivity index (χ0n) is 11.8. The quantitative estimate of drug-likeness (QED) is 0.423. The van der Waals surface area contributed by atoms with Gasteiger partial charge in [0.2, 0.25) is 0 Å². The zero-order chi connectivity index (χ0) is 15.2. The average Bonchev–Trinajstić information content (AvgIpc) is 2.36. The van der Waals surface area contributed by atoms with E-state index in [9.17, 15) is 9.59 Å². The highest BCUT2D eigenvalue weighted by Gasteiger charge is 2.24. The minimum absolute atomic E-state index is 0.225. The van der Waals surface area contributed by atoms with E-state index in [1.54, 1.807) is 45.2 Å². The van der Waals surface area contributed by atoms with Crippen molar-refractivity contribution in [1.29, 1.82) is 0 Å². The van der Waals surface area contributed by atoms with Crippen LogP contribution in [0.1, 0.15) is 26.5 Å². The van der Waals surface area contributed by atoms with Crippen LogP contribution in [-0.4, -0.2) is 28.6 Å². The maximum Gasteiger partial charge on any atom is 0.408 e. The molecular weight excluding hydrogens is 260 g/mol. The molecule has 1 atom stereocenters. The molecule has 0 radical (unpaired) electrons. The average molecular weight is 280 g/mol. The normalized spacial score (nSPS) is 12.4. The maximum absolute atomic E-state index is 11.7. The van der Waals surface area contributed by atoms with Crippen molar-refractivity contribution >= 4 is 12.0 Å². The number of carbonyl (C=O) groups excluding carboxylic acids is 2. The molecule has 0 aliphatic carbocycles. The summed E-state index contributed by atoms with van der Waals surface area (Å²) >= 11 is 0. The van der Waals surface area contributed by atoms with Gasteiger partial charge in [-0.3, -0.25) is 15.2 Å². The van der Waals surface area contributed by atoms with Gasteiger partial charge in [-0.2, -0.15) is 0 Å². The van der Waals surface area contributed by atoms with Crippen molar-refractivity contribution in [1.82, 2.24) is 15.7 Å². The molecule has 0 unspecified atom stereocenters. The molecule has 0 aliphatic heterocycles. The van der Waals surface area contributed by atoms with E-state index in [0.29, 0.717) is 5.69 Å². The molecule has 2 amide bonds. The molecule has 110 valence electrons. The van der Waals surface area contributed by atoms with Gasteiger partial charge < -0.3 is 10.1 Å². The van der Waals surface area contributed by atoms with Crippen molar-refractivity contribution in [3.8, 4) is 0 Å². The van der Waals surface area contributed by atoms with Crippen LogP contribution < -0.4 is 16.6 Å². The van der Waals surface area contributed by atoms with Crippen LogP contribution in [0.4, 0.5) is 4.79 Å². The SMILES string of the molecule is CC(C)(C)OC(=O)N[C@H](Cc1ccccn1)C(=O)NN. The molecule has 0 aromatic carbocycles. The molecule has 1 heterocycles. The van der Waals surface area contributed by atoms with Gasteiger partial charge in [-0.25, -0.2) is 10.6 Å². The summed E-state index contributed by atoms with van der Waals surface area (Å²) in [5.41, 5.74) is 2.04. The van der Waals surface area contributed by atoms with Crippen LogP contribution in [0.25, 0.3) is 0 Å². The van der Waals surface area contributed by atoms with E-state index in [2.05, 4.69) is 10.3 Å². The Bertz CT molecular complexity index is 456. The van der Waals surface area contributed by atoms with E-state index in [4.69, 9.17) is 10.6 Å². The number of hydrazine groups is 1. The summed E-state index contributed by atoms with van der Waals surface area (Å²) in [4.78, 5) is 27.5. The summed E-state index contributed by atoms with van der Waals surface area (Å²) in [5, 5.41) is 2.48. The third-order valence-corrected chi connectivity index (χ3v) is 2.29. The van der Waals surface area contributed by atoms with Crippen molar-refractivity contribution in [3.63, 3.8) is 0 Å². The van der Waals surface area contributed by atoms with E-state index in [0.717, 1.165) is 0 Å². The van der Waals surface area contributed by atoms with E-state index < -0.39 is 23.6 Å². The second-order valence-electron chi connectivity index (χ2n) is 5.23. The molecule has 0 aliphatic rings. The Morgan fingerprint density at radius 3 is 2.60 bits per heavy atom. The molecule has 1 aromatic heterocycles. The van der Waals surface area contributed by atoms with Crippen LogP contribution in [0.3, 0.4) is 0 Å².